The molecule has 7 heteroatoms. The van der Waals surface area contributed by atoms with E-state index >= 15 is 0 Å². The summed E-state index contributed by atoms with van der Waals surface area (Å²) in [5.41, 5.74) is 6.91. The number of benzene rings is 2. The molecule has 0 bridgehead atoms. The highest BCUT2D eigenvalue weighted by atomic mass is 32.2. The lowest BCUT2D eigenvalue weighted by atomic mass is 9.85. The van der Waals surface area contributed by atoms with E-state index in [1.165, 1.54) is 17.4 Å². The van der Waals surface area contributed by atoms with Crippen molar-refractivity contribution in [2.45, 2.75) is 60.4 Å². The topological polar surface area (TPSA) is 77.7 Å². The van der Waals surface area contributed by atoms with Crippen LogP contribution in [0.3, 0.4) is 0 Å². The lowest BCUT2D eigenvalue weighted by molar-refractivity contribution is -0.140. The molecule has 0 saturated carbocycles. The number of aromatic nitrogens is 1. The zero-order valence-electron chi connectivity index (χ0n) is 25.5. The number of ketones is 2. The summed E-state index contributed by atoms with van der Waals surface area (Å²) in [6.07, 6.45) is 10.4. The Bertz CT molecular complexity index is 1720. The van der Waals surface area contributed by atoms with Crippen LogP contribution in [0.4, 0.5) is 0 Å². The first-order valence-corrected chi connectivity index (χ1v) is 15.9. The number of Topliss-reactive ketones (excluding diaryl/α,β-unsaturated/α-hetero) is 2. The molecule has 5 rings (SSSR count). The Labute approximate surface area is 257 Å². The fourth-order valence-electron chi connectivity index (χ4n) is 5.81. The van der Waals surface area contributed by atoms with Gasteiger partial charge in [-0.05, 0) is 81.0 Å². The van der Waals surface area contributed by atoms with Crippen molar-refractivity contribution in [3.8, 4) is 0 Å². The summed E-state index contributed by atoms with van der Waals surface area (Å²) in [4.78, 5) is 45.0. The molecule has 0 aliphatic heterocycles. The van der Waals surface area contributed by atoms with Gasteiger partial charge in [-0.25, -0.2) is 4.79 Å². The maximum absolute atomic E-state index is 13.8. The number of aryl methyl sites for hydroxylation is 2. The second-order valence-corrected chi connectivity index (χ2v) is 12.5. The molecule has 43 heavy (non-hydrogen) atoms. The van der Waals surface area contributed by atoms with Crippen LogP contribution in [0.15, 0.2) is 76.3 Å². The molecule has 222 valence electrons. The Morgan fingerprint density at radius 1 is 1.12 bits per heavy atom. The van der Waals surface area contributed by atoms with Crippen molar-refractivity contribution in [2.75, 3.05) is 5.75 Å². The molecule has 6 nitrogen and oxygen atoms in total. The van der Waals surface area contributed by atoms with Gasteiger partial charge in [-0.1, -0.05) is 54.1 Å². The number of carbonyl (C=O) groups is 3. The quantitative estimate of drug-likeness (QED) is 0.102. The summed E-state index contributed by atoms with van der Waals surface area (Å²) in [7, 11) is 0. The standard InChI is InChI=1S/C36H38N2O4S/c1-6-38-33-15-12-26(35(40)29-10-8-7-9-23(29)3)20-30(33)31-21-27(13-16-34(31)38)36(41)32(37-42-25(5)39)17-18-43-28-14-11-22(2)24(4)19-28/h7-10,12-16,19,21-22,26H,6,11,17-18,20H2,1-5H3/b37-32+. The van der Waals surface area contributed by atoms with Crippen molar-refractivity contribution < 1.29 is 19.2 Å². The fraction of sp³-hybridized carbons (Fsp3) is 0.333. The van der Waals surface area contributed by atoms with Gasteiger partial charge in [-0.2, -0.15) is 0 Å². The lowest BCUT2D eigenvalue weighted by Gasteiger charge is -2.18. The Kier molecular flexibility index (Phi) is 9.31. The number of hydrogen-bond acceptors (Lipinski definition) is 6. The van der Waals surface area contributed by atoms with Crippen LogP contribution in [-0.4, -0.2) is 33.6 Å². The van der Waals surface area contributed by atoms with E-state index in [1.54, 1.807) is 11.8 Å². The molecule has 1 aromatic heterocycles. The van der Waals surface area contributed by atoms with Gasteiger partial charge in [0.15, 0.2) is 5.78 Å². The molecule has 0 N–H and O–H groups in total. The van der Waals surface area contributed by atoms with Crippen LogP contribution in [0.2, 0.25) is 0 Å². The van der Waals surface area contributed by atoms with Gasteiger partial charge in [0.25, 0.3) is 0 Å². The summed E-state index contributed by atoms with van der Waals surface area (Å²) >= 11 is 1.68. The van der Waals surface area contributed by atoms with Crippen LogP contribution in [-0.2, 0) is 22.6 Å². The van der Waals surface area contributed by atoms with Crippen LogP contribution in [0.1, 0.15) is 78.1 Å². The number of rotatable bonds is 10. The first-order chi connectivity index (χ1) is 20.7. The van der Waals surface area contributed by atoms with E-state index in [1.807, 2.05) is 61.5 Å². The van der Waals surface area contributed by atoms with Crippen LogP contribution >= 0.6 is 11.8 Å². The summed E-state index contributed by atoms with van der Waals surface area (Å²) < 4.78 is 2.22. The number of nitrogens with zero attached hydrogens (tertiary/aromatic N) is 2. The summed E-state index contributed by atoms with van der Waals surface area (Å²) in [5.74, 6) is 0.163. The van der Waals surface area contributed by atoms with Crippen LogP contribution in [0.25, 0.3) is 17.0 Å². The molecule has 3 aromatic rings. The number of carbonyl (C=O) groups excluding carboxylic acids is 3. The molecule has 0 spiro atoms. The highest BCUT2D eigenvalue weighted by Gasteiger charge is 2.28. The van der Waals surface area contributed by atoms with Crippen molar-refractivity contribution in [3.63, 3.8) is 0 Å². The molecular formula is C36H38N2O4S. The number of thioether (sulfide) groups is 1. The smallest absolute Gasteiger partial charge is 0.331 e. The molecule has 2 aliphatic carbocycles. The van der Waals surface area contributed by atoms with Crippen LogP contribution in [0, 0.1) is 18.8 Å². The first kappa shape index (κ1) is 30.5. The summed E-state index contributed by atoms with van der Waals surface area (Å²) in [6.45, 7) is 10.5. The SMILES string of the molecule is CCn1c2c(c3cc(C(=O)/C(CCSC4=CCC(C)C(C)=C4)=N/OC(C)=O)ccc31)CC(C(=O)c1ccccc1C)C=C2. The van der Waals surface area contributed by atoms with E-state index < -0.39 is 5.97 Å². The molecule has 2 aromatic carbocycles. The van der Waals surface area contributed by atoms with Crippen molar-refractivity contribution >= 4 is 52.0 Å². The zero-order chi connectivity index (χ0) is 30.7. The van der Waals surface area contributed by atoms with Gasteiger partial charge in [0.2, 0.25) is 5.78 Å². The van der Waals surface area contributed by atoms with Gasteiger partial charge in [0.1, 0.15) is 5.71 Å². The molecule has 1 heterocycles. The largest absolute Gasteiger partial charge is 0.341 e. The highest BCUT2D eigenvalue weighted by Crippen LogP contribution is 2.35. The molecule has 2 aliphatic rings. The normalized spacial score (nSPS) is 18.2. The van der Waals surface area contributed by atoms with E-state index in [0.717, 1.165) is 46.3 Å². The molecule has 2 atom stereocenters. The van der Waals surface area contributed by atoms with Crippen molar-refractivity contribution in [2.24, 2.45) is 17.0 Å². The second-order valence-electron chi connectivity index (χ2n) is 11.4. The minimum absolute atomic E-state index is 0.102. The average Bonchev–Trinajstić information content (AvgIpc) is 3.32. The van der Waals surface area contributed by atoms with Gasteiger partial charge in [-0.15, -0.1) is 11.8 Å². The second kappa shape index (κ2) is 13.1. The minimum Gasteiger partial charge on any atom is -0.341 e. The Morgan fingerprint density at radius 2 is 1.91 bits per heavy atom. The van der Waals surface area contributed by atoms with Crippen LogP contribution < -0.4 is 0 Å². The molecule has 2 unspecified atom stereocenters. The third-order valence-corrected chi connectivity index (χ3v) is 9.45. The lowest BCUT2D eigenvalue weighted by Crippen LogP contribution is -2.19. The number of oxime groups is 1. The average molecular weight is 595 g/mol. The van der Waals surface area contributed by atoms with E-state index in [4.69, 9.17) is 4.84 Å². The third kappa shape index (κ3) is 6.52. The van der Waals surface area contributed by atoms with Crippen LogP contribution in [0.5, 0.6) is 0 Å². The predicted octanol–water partition coefficient (Wildman–Crippen LogP) is 8.13. The summed E-state index contributed by atoms with van der Waals surface area (Å²) in [5, 5.41) is 4.94. The number of allylic oxidation sites excluding steroid dienone is 4. The Balaban J connectivity index is 1.42. The number of fused-ring (bicyclic) bond motifs is 3. The van der Waals surface area contributed by atoms with Crippen molar-refractivity contribution in [1.82, 2.24) is 4.57 Å². The molecule has 0 fully saturated rings. The van der Waals surface area contributed by atoms with Gasteiger partial charge < -0.3 is 9.40 Å². The molecule has 0 amide bonds. The fourth-order valence-corrected chi connectivity index (χ4v) is 6.83. The summed E-state index contributed by atoms with van der Waals surface area (Å²) in [6, 6.07) is 13.4. The highest BCUT2D eigenvalue weighted by molar-refractivity contribution is 8.03. The van der Waals surface area contributed by atoms with Gasteiger partial charge in [0.05, 0.1) is 0 Å². The third-order valence-electron chi connectivity index (χ3n) is 8.42. The zero-order valence-corrected chi connectivity index (χ0v) is 26.3. The molecular weight excluding hydrogens is 556 g/mol. The maximum atomic E-state index is 13.8. The molecule has 0 saturated heterocycles. The molecule has 0 radical (unpaired) electrons. The van der Waals surface area contributed by atoms with E-state index in [2.05, 4.69) is 42.6 Å². The van der Waals surface area contributed by atoms with Crippen molar-refractivity contribution in [3.05, 3.63) is 99.1 Å². The van der Waals surface area contributed by atoms with E-state index in [9.17, 15) is 14.4 Å². The predicted molar refractivity (Wildman–Crippen MR) is 176 cm³/mol. The number of hydrogen-bond donors (Lipinski definition) is 0. The first-order valence-electron chi connectivity index (χ1n) is 14.9. The van der Waals surface area contributed by atoms with E-state index in [-0.39, 0.29) is 23.2 Å². The van der Waals surface area contributed by atoms with Gasteiger partial charge >= 0.3 is 5.97 Å². The monoisotopic (exact) mass is 594 g/mol. The van der Waals surface area contributed by atoms with Gasteiger partial charge in [-0.3, -0.25) is 9.59 Å². The van der Waals surface area contributed by atoms with Gasteiger partial charge in [0, 0.05) is 64.2 Å². The Hall–Kier alpha value is -3.97. The van der Waals surface area contributed by atoms with Crippen molar-refractivity contribution in [1.29, 1.82) is 0 Å². The minimum atomic E-state index is -0.568. The maximum Gasteiger partial charge on any atom is 0.331 e. The Morgan fingerprint density at radius 3 is 2.63 bits per heavy atom. The van der Waals surface area contributed by atoms with E-state index in [0.29, 0.717) is 30.1 Å².